The van der Waals surface area contributed by atoms with E-state index in [1.807, 2.05) is 41.3 Å². The molecule has 1 aromatic rings. The Morgan fingerprint density at radius 2 is 2.00 bits per heavy atom. The molecule has 3 nitrogen and oxygen atoms in total. The van der Waals surface area contributed by atoms with Crippen molar-refractivity contribution < 1.29 is 9.53 Å². The Kier molecular flexibility index (Phi) is 4.61. The number of ether oxygens (including phenoxy) is 1. The number of amides is 1. The molecule has 0 saturated carbocycles. The predicted octanol–water partition coefficient (Wildman–Crippen LogP) is 4.06. The number of hydrogen-bond acceptors (Lipinski definition) is 2. The van der Waals surface area contributed by atoms with Gasteiger partial charge >= 0.3 is 6.09 Å². The van der Waals surface area contributed by atoms with Crippen molar-refractivity contribution in [3.05, 3.63) is 41.7 Å². The van der Waals surface area contributed by atoms with Crippen LogP contribution in [0, 0.1) is 0 Å². The molecule has 0 N–H and O–H groups in total. The molecular formula is C16H21NO2. The summed E-state index contributed by atoms with van der Waals surface area (Å²) < 4.78 is 5.43. The summed E-state index contributed by atoms with van der Waals surface area (Å²) in [6, 6.07) is 10.1. The SMILES string of the molecule is CCCCN1C(=O)OC(=Cc2ccccc2)C1CC. The monoisotopic (exact) mass is 259 g/mol. The van der Waals surface area contributed by atoms with Crippen LogP contribution in [0.3, 0.4) is 0 Å². The first-order valence-electron chi connectivity index (χ1n) is 7.01. The van der Waals surface area contributed by atoms with Gasteiger partial charge in [0.25, 0.3) is 0 Å². The lowest BCUT2D eigenvalue weighted by atomic mass is 10.1. The average Bonchev–Trinajstić information content (AvgIpc) is 2.72. The largest absolute Gasteiger partial charge is 0.415 e. The quantitative estimate of drug-likeness (QED) is 0.798. The predicted molar refractivity (Wildman–Crippen MR) is 76.6 cm³/mol. The molecule has 2 rings (SSSR count). The topological polar surface area (TPSA) is 29.5 Å². The lowest BCUT2D eigenvalue weighted by Crippen LogP contribution is -2.33. The third kappa shape index (κ3) is 3.16. The summed E-state index contributed by atoms with van der Waals surface area (Å²) in [7, 11) is 0. The van der Waals surface area contributed by atoms with Gasteiger partial charge in [-0.15, -0.1) is 0 Å². The molecule has 3 heteroatoms. The molecule has 1 saturated heterocycles. The number of unbranched alkanes of at least 4 members (excludes halogenated alkanes) is 1. The molecule has 0 aliphatic carbocycles. The Morgan fingerprint density at radius 1 is 1.26 bits per heavy atom. The van der Waals surface area contributed by atoms with Gasteiger partial charge in [0.15, 0.2) is 0 Å². The summed E-state index contributed by atoms with van der Waals surface area (Å²) in [5, 5.41) is 0. The van der Waals surface area contributed by atoms with Crippen LogP contribution in [0.15, 0.2) is 36.1 Å². The standard InChI is InChI=1S/C16H21NO2/c1-3-5-11-17-14(4-2)15(19-16(17)18)12-13-9-7-6-8-10-13/h6-10,12,14H,3-5,11H2,1-2H3. The Labute approximate surface area is 114 Å². The summed E-state index contributed by atoms with van der Waals surface area (Å²) in [5.74, 6) is 0.773. The molecule has 1 aliphatic heterocycles. The van der Waals surface area contributed by atoms with Crippen LogP contribution in [-0.4, -0.2) is 23.6 Å². The Balaban J connectivity index is 2.18. The van der Waals surface area contributed by atoms with E-state index < -0.39 is 0 Å². The molecule has 0 bridgehead atoms. The lowest BCUT2D eigenvalue weighted by Gasteiger charge is -2.19. The maximum absolute atomic E-state index is 11.9. The van der Waals surface area contributed by atoms with Crippen LogP contribution >= 0.6 is 0 Å². The highest BCUT2D eigenvalue weighted by molar-refractivity contribution is 5.75. The smallest absolute Gasteiger partial charge is 0.412 e. The summed E-state index contributed by atoms with van der Waals surface area (Å²) in [4.78, 5) is 13.8. The molecule has 19 heavy (non-hydrogen) atoms. The zero-order valence-electron chi connectivity index (χ0n) is 11.6. The fourth-order valence-corrected chi connectivity index (χ4v) is 2.34. The fourth-order valence-electron chi connectivity index (χ4n) is 2.34. The number of nitrogens with zero attached hydrogens (tertiary/aromatic N) is 1. The van der Waals surface area contributed by atoms with Gasteiger partial charge in [-0.1, -0.05) is 50.6 Å². The molecular weight excluding hydrogens is 238 g/mol. The van der Waals surface area contributed by atoms with Gasteiger partial charge < -0.3 is 4.74 Å². The molecule has 1 amide bonds. The maximum Gasteiger partial charge on any atom is 0.415 e. The van der Waals surface area contributed by atoms with Crippen LogP contribution in [0.4, 0.5) is 4.79 Å². The van der Waals surface area contributed by atoms with E-state index in [1.54, 1.807) is 0 Å². The second-order valence-electron chi connectivity index (χ2n) is 4.80. The summed E-state index contributed by atoms with van der Waals surface area (Å²) >= 11 is 0. The Hall–Kier alpha value is -1.77. The Morgan fingerprint density at radius 3 is 2.63 bits per heavy atom. The minimum atomic E-state index is -0.206. The number of carbonyl (C=O) groups excluding carboxylic acids is 1. The zero-order chi connectivity index (χ0) is 13.7. The van der Waals surface area contributed by atoms with Gasteiger partial charge in [0.05, 0.1) is 6.04 Å². The molecule has 1 aromatic carbocycles. The van der Waals surface area contributed by atoms with E-state index in [-0.39, 0.29) is 12.1 Å². The van der Waals surface area contributed by atoms with Crippen molar-refractivity contribution in [1.29, 1.82) is 0 Å². The van der Waals surface area contributed by atoms with Crippen LogP contribution in [0.25, 0.3) is 6.08 Å². The van der Waals surface area contributed by atoms with Crippen LogP contribution < -0.4 is 0 Å². The maximum atomic E-state index is 11.9. The van der Waals surface area contributed by atoms with E-state index in [0.717, 1.165) is 37.1 Å². The first kappa shape index (κ1) is 13.7. The van der Waals surface area contributed by atoms with Gasteiger partial charge in [0.2, 0.25) is 0 Å². The van der Waals surface area contributed by atoms with E-state index in [2.05, 4.69) is 13.8 Å². The minimum absolute atomic E-state index is 0.0826. The van der Waals surface area contributed by atoms with Crippen LogP contribution in [0.5, 0.6) is 0 Å². The molecule has 102 valence electrons. The molecule has 0 aromatic heterocycles. The highest BCUT2D eigenvalue weighted by Gasteiger charge is 2.35. The summed E-state index contributed by atoms with van der Waals surface area (Å²) in [6.07, 6.45) is 4.75. The van der Waals surface area contributed by atoms with Crippen LogP contribution in [-0.2, 0) is 4.74 Å². The first-order chi connectivity index (χ1) is 9.26. The van der Waals surface area contributed by atoms with Crippen molar-refractivity contribution in [2.24, 2.45) is 0 Å². The highest BCUT2D eigenvalue weighted by Crippen LogP contribution is 2.27. The first-order valence-corrected chi connectivity index (χ1v) is 7.01. The number of hydrogen-bond donors (Lipinski definition) is 0. The molecule has 1 aliphatic rings. The van der Waals surface area contributed by atoms with Crippen molar-refractivity contribution in [2.45, 2.75) is 39.2 Å². The number of rotatable bonds is 5. The van der Waals surface area contributed by atoms with E-state index in [9.17, 15) is 4.79 Å². The van der Waals surface area contributed by atoms with Gasteiger partial charge in [-0.2, -0.15) is 0 Å². The number of cyclic esters (lactones) is 1. The van der Waals surface area contributed by atoms with Crippen molar-refractivity contribution in [2.75, 3.05) is 6.54 Å². The average molecular weight is 259 g/mol. The van der Waals surface area contributed by atoms with E-state index in [0.29, 0.717) is 0 Å². The van der Waals surface area contributed by atoms with Gasteiger partial charge in [0.1, 0.15) is 5.76 Å². The lowest BCUT2D eigenvalue weighted by molar-refractivity contribution is 0.164. The third-order valence-corrected chi connectivity index (χ3v) is 3.39. The normalized spacial score (nSPS) is 20.9. The van der Waals surface area contributed by atoms with Gasteiger partial charge in [-0.25, -0.2) is 4.79 Å². The van der Waals surface area contributed by atoms with Crippen molar-refractivity contribution in [3.8, 4) is 0 Å². The zero-order valence-corrected chi connectivity index (χ0v) is 11.6. The Bertz CT molecular complexity index is 453. The van der Waals surface area contributed by atoms with Gasteiger partial charge in [0, 0.05) is 6.54 Å². The molecule has 1 unspecified atom stereocenters. The van der Waals surface area contributed by atoms with Crippen LogP contribution in [0.2, 0.25) is 0 Å². The second-order valence-corrected chi connectivity index (χ2v) is 4.80. The molecule has 0 spiro atoms. The van der Waals surface area contributed by atoms with E-state index in [1.165, 1.54) is 0 Å². The summed E-state index contributed by atoms with van der Waals surface area (Å²) in [6.45, 7) is 4.99. The van der Waals surface area contributed by atoms with Crippen molar-refractivity contribution in [1.82, 2.24) is 4.90 Å². The van der Waals surface area contributed by atoms with Crippen molar-refractivity contribution in [3.63, 3.8) is 0 Å². The minimum Gasteiger partial charge on any atom is -0.412 e. The number of carbonyl (C=O) groups is 1. The van der Waals surface area contributed by atoms with Gasteiger partial charge in [-0.3, -0.25) is 4.90 Å². The highest BCUT2D eigenvalue weighted by atomic mass is 16.6. The molecule has 0 radical (unpaired) electrons. The fraction of sp³-hybridized carbons (Fsp3) is 0.438. The second kappa shape index (κ2) is 6.41. The van der Waals surface area contributed by atoms with E-state index in [4.69, 9.17) is 4.74 Å². The molecule has 1 heterocycles. The van der Waals surface area contributed by atoms with Crippen molar-refractivity contribution >= 4 is 12.2 Å². The third-order valence-electron chi connectivity index (χ3n) is 3.39. The van der Waals surface area contributed by atoms with E-state index >= 15 is 0 Å². The summed E-state index contributed by atoms with van der Waals surface area (Å²) in [5.41, 5.74) is 1.07. The molecule has 1 fully saturated rings. The van der Waals surface area contributed by atoms with Crippen LogP contribution in [0.1, 0.15) is 38.7 Å². The molecule has 1 atom stereocenters. The van der Waals surface area contributed by atoms with Gasteiger partial charge in [-0.05, 0) is 24.5 Å². The number of benzene rings is 1.